The van der Waals surface area contributed by atoms with Crippen LogP contribution < -0.4 is 5.73 Å². The first-order chi connectivity index (χ1) is 5.68. The molecule has 0 amide bonds. The summed E-state index contributed by atoms with van der Waals surface area (Å²) >= 11 is 0. The second-order valence-corrected chi connectivity index (χ2v) is 2.62. The molecular formula is C7H8N4O. The molecule has 2 rings (SSSR count). The van der Waals surface area contributed by atoms with E-state index in [1.54, 1.807) is 0 Å². The Balaban J connectivity index is 2.93. The first kappa shape index (κ1) is 7.02. The number of fused-ring (bicyclic) bond motifs is 1. The second kappa shape index (κ2) is 2.17. The Hall–Kier alpha value is -1.65. The molecule has 5 nitrogen and oxygen atoms in total. The van der Waals surface area contributed by atoms with Crippen molar-refractivity contribution in [3.05, 3.63) is 11.4 Å². The molecule has 0 bridgehead atoms. The van der Waals surface area contributed by atoms with Gasteiger partial charge in [-0.25, -0.2) is 4.98 Å². The SMILES string of the molecule is Cc1noc2nc(N)nc(C)c12. The van der Waals surface area contributed by atoms with Crippen LogP contribution in [0.25, 0.3) is 11.1 Å². The highest BCUT2D eigenvalue weighted by atomic mass is 16.5. The molecule has 2 heterocycles. The zero-order valence-corrected chi connectivity index (χ0v) is 6.83. The zero-order valence-electron chi connectivity index (χ0n) is 6.83. The molecule has 0 spiro atoms. The topological polar surface area (TPSA) is 77.8 Å². The van der Waals surface area contributed by atoms with Gasteiger partial charge in [-0.15, -0.1) is 0 Å². The van der Waals surface area contributed by atoms with Crippen LogP contribution in [-0.2, 0) is 0 Å². The molecule has 0 radical (unpaired) electrons. The number of anilines is 1. The smallest absolute Gasteiger partial charge is 0.263 e. The van der Waals surface area contributed by atoms with Gasteiger partial charge in [-0.2, -0.15) is 4.98 Å². The van der Waals surface area contributed by atoms with Gasteiger partial charge in [0.05, 0.1) is 16.8 Å². The van der Waals surface area contributed by atoms with Crippen molar-refractivity contribution in [3.63, 3.8) is 0 Å². The number of nitrogens with zero attached hydrogens (tertiary/aromatic N) is 3. The fraction of sp³-hybridized carbons (Fsp3) is 0.286. The van der Waals surface area contributed by atoms with Gasteiger partial charge in [0.2, 0.25) is 5.95 Å². The largest absolute Gasteiger partial charge is 0.368 e. The highest BCUT2D eigenvalue weighted by Crippen LogP contribution is 2.18. The molecule has 0 saturated carbocycles. The highest BCUT2D eigenvalue weighted by molar-refractivity contribution is 5.78. The number of rotatable bonds is 0. The normalized spacial score (nSPS) is 10.8. The van der Waals surface area contributed by atoms with Gasteiger partial charge in [-0.3, -0.25) is 0 Å². The average molecular weight is 164 g/mol. The van der Waals surface area contributed by atoms with Gasteiger partial charge in [0.15, 0.2) is 0 Å². The van der Waals surface area contributed by atoms with Crippen LogP contribution in [0.1, 0.15) is 11.4 Å². The van der Waals surface area contributed by atoms with E-state index < -0.39 is 0 Å². The lowest BCUT2D eigenvalue weighted by Crippen LogP contribution is -1.96. The molecular weight excluding hydrogens is 156 g/mol. The summed E-state index contributed by atoms with van der Waals surface area (Å²) in [6.07, 6.45) is 0. The minimum absolute atomic E-state index is 0.219. The van der Waals surface area contributed by atoms with Gasteiger partial charge in [-0.05, 0) is 13.8 Å². The molecule has 0 saturated heterocycles. The van der Waals surface area contributed by atoms with E-state index in [1.807, 2.05) is 13.8 Å². The Labute approximate surface area is 68.6 Å². The Morgan fingerprint density at radius 2 is 1.92 bits per heavy atom. The fourth-order valence-electron chi connectivity index (χ4n) is 1.21. The minimum Gasteiger partial charge on any atom is -0.368 e. The predicted molar refractivity (Wildman–Crippen MR) is 43.5 cm³/mol. The predicted octanol–water partition coefficient (Wildman–Crippen LogP) is 0.817. The summed E-state index contributed by atoms with van der Waals surface area (Å²) in [5, 5.41) is 4.62. The summed E-state index contributed by atoms with van der Waals surface area (Å²) in [5.74, 6) is 0.219. The van der Waals surface area contributed by atoms with E-state index in [1.165, 1.54) is 0 Å². The quantitative estimate of drug-likeness (QED) is 0.623. The molecule has 0 unspecified atom stereocenters. The van der Waals surface area contributed by atoms with Crippen LogP contribution in [0.4, 0.5) is 5.95 Å². The molecule has 0 atom stereocenters. The lowest BCUT2D eigenvalue weighted by Gasteiger charge is -1.94. The van der Waals surface area contributed by atoms with E-state index >= 15 is 0 Å². The summed E-state index contributed by atoms with van der Waals surface area (Å²) < 4.78 is 4.93. The van der Waals surface area contributed by atoms with Crippen LogP contribution >= 0.6 is 0 Å². The number of hydrogen-bond acceptors (Lipinski definition) is 5. The van der Waals surface area contributed by atoms with Crippen LogP contribution in [0.3, 0.4) is 0 Å². The molecule has 2 aromatic heterocycles. The van der Waals surface area contributed by atoms with Crippen LogP contribution in [0.2, 0.25) is 0 Å². The molecule has 0 aliphatic carbocycles. The van der Waals surface area contributed by atoms with E-state index in [0.29, 0.717) is 5.71 Å². The summed E-state index contributed by atoms with van der Waals surface area (Å²) in [6.45, 7) is 3.70. The molecule has 5 heteroatoms. The third-order valence-electron chi connectivity index (χ3n) is 1.70. The van der Waals surface area contributed by atoms with E-state index in [2.05, 4.69) is 15.1 Å². The van der Waals surface area contributed by atoms with Crippen molar-refractivity contribution >= 4 is 17.0 Å². The van der Waals surface area contributed by atoms with E-state index in [9.17, 15) is 0 Å². The van der Waals surface area contributed by atoms with Crippen molar-refractivity contribution in [3.8, 4) is 0 Å². The van der Waals surface area contributed by atoms with Gasteiger partial charge < -0.3 is 10.3 Å². The third-order valence-corrected chi connectivity index (χ3v) is 1.70. The van der Waals surface area contributed by atoms with Crippen molar-refractivity contribution in [1.29, 1.82) is 0 Å². The van der Waals surface area contributed by atoms with Crippen molar-refractivity contribution in [2.75, 3.05) is 5.73 Å². The van der Waals surface area contributed by atoms with E-state index in [4.69, 9.17) is 10.3 Å². The molecule has 0 fully saturated rings. The Morgan fingerprint density at radius 3 is 2.67 bits per heavy atom. The second-order valence-electron chi connectivity index (χ2n) is 2.62. The monoisotopic (exact) mass is 164 g/mol. The molecule has 0 aromatic carbocycles. The summed E-state index contributed by atoms with van der Waals surface area (Å²) in [5.41, 5.74) is 7.48. The minimum atomic E-state index is 0.219. The van der Waals surface area contributed by atoms with Crippen LogP contribution in [0.5, 0.6) is 0 Å². The highest BCUT2D eigenvalue weighted by Gasteiger charge is 2.09. The lowest BCUT2D eigenvalue weighted by molar-refractivity contribution is 0.443. The molecule has 12 heavy (non-hydrogen) atoms. The number of nitrogen functional groups attached to an aromatic ring is 1. The number of aryl methyl sites for hydroxylation is 2. The Morgan fingerprint density at radius 1 is 1.17 bits per heavy atom. The third kappa shape index (κ3) is 0.827. The maximum atomic E-state index is 5.42. The Kier molecular flexibility index (Phi) is 1.27. The molecule has 62 valence electrons. The van der Waals surface area contributed by atoms with Crippen molar-refractivity contribution < 1.29 is 4.52 Å². The molecule has 2 N–H and O–H groups in total. The Bertz CT molecular complexity index is 434. The molecule has 0 aliphatic heterocycles. The maximum Gasteiger partial charge on any atom is 0.263 e. The molecule has 0 aliphatic rings. The number of hydrogen-bond donors (Lipinski definition) is 1. The van der Waals surface area contributed by atoms with E-state index in [0.717, 1.165) is 16.8 Å². The maximum absolute atomic E-state index is 5.42. The summed E-state index contributed by atoms with van der Waals surface area (Å²) in [6, 6.07) is 0. The van der Waals surface area contributed by atoms with Crippen LogP contribution in [-0.4, -0.2) is 15.1 Å². The van der Waals surface area contributed by atoms with Crippen LogP contribution in [0.15, 0.2) is 4.52 Å². The van der Waals surface area contributed by atoms with E-state index in [-0.39, 0.29) is 5.95 Å². The van der Waals surface area contributed by atoms with Crippen molar-refractivity contribution in [2.45, 2.75) is 13.8 Å². The first-order valence-electron chi connectivity index (χ1n) is 3.54. The number of nitrogens with two attached hydrogens (primary N) is 1. The summed E-state index contributed by atoms with van der Waals surface area (Å²) in [4.78, 5) is 7.90. The first-order valence-corrected chi connectivity index (χ1v) is 3.54. The standard InChI is InChI=1S/C7H8N4O/c1-3-5-4(2)11-12-6(5)10-7(8)9-3/h1-2H3,(H2,8,9,10). The van der Waals surface area contributed by atoms with Gasteiger partial charge >= 0.3 is 0 Å². The average Bonchev–Trinajstić information content (AvgIpc) is 2.31. The zero-order chi connectivity index (χ0) is 8.72. The van der Waals surface area contributed by atoms with Gasteiger partial charge in [0.25, 0.3) is 5.71 Å². The van der Waals surface area contributed by atoms with Gasteiger partial charge in [0.1, 0.15) is 0 Å². The summed E-state index contributed by atoms with van der Waals surface area (Å²) in [7, 11) is 0. The van der Waals surface area contributed by atoms with Crippen molar-refractivity contribution in [2.24, 2.45) is 0 Å². The fourth-order valence-corrected chi connectivity index (χ4v) is 1.21. The van der Waals surface area contributed by atoms with Crippen LogP contribution in [0, 0.1) is 13.8 Å². The lowest BCUT2D eigenvalue weighted by atomic mass is 10.2. The number of aromatic nitrogens is 3. The molecule has 2 aromatic rings. The van der Waals surface area contributed by atoms with Gasteiger partial charge in [0, 0.05) is 0 Å². The van der Waals surface area contributed by atoms with Gasteiger partial charge in [-0.1, -0.05) is 5.16 Å². The van der Waals surface area contributed by atoms with Crippen molar-refractivity contribution in [1.82, 2.24) is 15.1 Å².